The molecule has 0 bridgehead atoms. The smallest absolute Gasteiger partial charge is 0.245 e. The van der Waals surface area contributed by atoms with Gasteiger partial charge >= 0.3 is 0 Å². The van der Waals surface area contributed by atoms with E-state index in [1.807, 2.05) is 0 Å². The van der Waals surface area contributed by atoms with Crippen LogP contribution in [-0.2, 0) is 14.8 Å². The third-order valence-electron chi connectivity index (χ3n) is 3.57. The Hall–Kier alpha value is -1.98. The number of hydrogen-bond acceptors (Lipinski definition) is 5. The van der Waals surface area contributed by atoms with E-state index < -0.39 is 10.0 Å². The Morgan fingerprint density at radius 2 is 2.14 bits per heavy atom. The molecule has 1 N–H and O–H groups in total. The van der Waals surface area contributed by atoms with E-state index in [2.05, 4.69) is 10.3 Å². The molecule has 1 fully saturated rings. The summed E-state index contributed by atoms with van der Waals surface area (Å²) in [7, 11) is -2.17. The number of nitriles is 1. The summed E-state index contributed by atoms with van der Waals surface area (Å²) in [6.07, 6.45) is 2.33. The number of nitrogens with one attached hydrogen (secondary N) is 1. The van der Waals surface area contributed by atoms with Gasteiger partial charge in [0.05, 0.1) is 0 Å². The molecule has 112 valence electrons. The van der Waals surface area contributed by atoms with Gasteiger partial charge in [-0.15, -0.1) is 0 Å². The van der Waals surface area contributed by atoms with E-state index in [-0.39, 0.29) is 35.5 Å². The zero-order valence-corrected chi connectivity index (χ0v) is 12.4. The molecule has 0 spiro atoms. The Kier molecular flexibility index (Phi) is 4.55. The fourth-order valence-electron chi connectivity index (χ4n) is 2.38. The van der Waals surface area contributed by atoms with Crippen molar-refractivity contribution in [2.24, 2.45) is 5.92 Å². The van der Waals surface area contributed by atoms with E-state index in [1.54, 1.807) is 13.1 Å². The highest BCUT2D eigenvalue weighted by molar-refractivity contribution is 7.89. The van der Waals surface area contributed by atoms with E-state index in [4.69, 9.17) is 5.26 Å². The fraction of sp³-hybridized carbons (Fsp3) is 0.462. The van der Waals surface area contributed by atoms with Crippen molar-refractivity contribution in [3.63, 3.8) is 0 Å². The number of piperidine rings is 1. The van der Waals surface area contributed by atoms with Crippen LogP contribution in [0.4, 0.5) is 0 Å². The van der Waals surface area contributed by atoms with Crippen LogP contribution in [0.5, 0.6) is 0 Å². The van der Waals surface area contributed by atoms with Crippen LogP contribution in [-0.4, -0.2) is 43.8 Å². The number of carbonyl (C=O) groups excluding carboxylic acids is 1. The molecule has 0 saturated carbocycles. The van der Waals surface area contributed by atoms with Crippen molar-refractivity contribution < 1.29 is 13.2 Å². The summed E-state index contributed by atoms with van der Waals surface area (Å²) in [5.74, 6) is -0.225. The first-order valence-corrected chi connectivity index (χ1v) is 8.01. The molecule has 2 rings (SSSR count). The molecule has 1 aliphatic heterocycles. The molecule has 1 aliphatic rings. The van der Waals surface area contributed by atoms with Crippen molar-refractivity contribution in [3.8, 4) is 6.07 Å². The van der Waals surface area contributed by atoms with Gasteiger partial charge in [-0.25, -0.2) is 13.4 Å². The van der Waals surface area contributed by atoms with Gasteiger partial charge in [-0.3, -0.25) is 4.79 Å². The van der Waals surface area contributed by atoms with Crippen LogP contribution < -0.4 is 5.32 Å². The first-order chi connectivity index (χ1) is 10.0. The van der Waals surface area contributed by atoms with Crippen LogP contribution in [0.3, 0.4) is 0 Å². The third-order valence-corrected chi connectivity index (χ3v) is 5.50. The van der Waals surface area contributed by atoms with Gasteiger partial charge < -0.3 is 5.32 Å². The number of sulfonamides is 1. The van der Waals surface area contributed by atoms with Crippen molar-refractivity contribution in [3.05, 3.63) is 24.0 Å². The van der Waals surface area contributed by atoms with Gasteiger partial charge in [-0.2, -0.15) is 9.57 Å². The molecule has 0 aliphatic carbocycles. The lowest BCUT2D eigenvalue weighted by molar-refractivity contribution is -0.125. The largest absolute Gasteiger partial charge is 0.359 e. The standard InChI is InChI=1S/C13H16N4O3S/c1-15-13(18)10-4-7-17(8-5-10)21(19,20)12-3-2-6-16-11(12)9-14/h2-3,6,10H,4-5,7-8H2,1H3,(H,15,18). The number of pyridine rings is 1. The second-order valence-electron chi connectivity index (χ2n) is 4.75. The summed E-state index contributed by atoms with van der Waals surface area (Å²) in [6.45, 7) is 0.528. The van der Waals surface area contributed by atoms with E-state index in [0.29, 0.717) is 12.8 Å². The molecule has 0 unspecified atom stereocenters. The number of aromatic nitrogens is 1. The van der Waals surface area contributed by atoms with Gasteiger partial charge in [-0.1, -0.05) is 0 Å². The number of hydrogen-bond donors (Lipinski definition) is 1. The fourth-order valence-corrected chi connectivity index (χ4v) is 3.95. The van der Waals surface area contributed by atoms with Gasteiger partial charge in [0.25, 0.3) is 0 Å². The molecule has 1 aromatic rings. The molecule has 1 aromatic heterocycles. The van der Waals surface area contributed by atoms with Crippen LogP contribution in [0, 0.1) is 17.2 Å². The maximum absolute atomic E-state index is 12.5. The first kappa shape index (κ1) is 15.4. The Morgan fingerprint density at radius 1 is 1.48 bits per heavy atom. The Morgan fingerprint density at radius 3 is 2.71 bits per heavy atom. The summed E-state index contributed by atoms with van der Waals surface area (Å²) in [5.41, 5.74) is -0.106. The molecule has 7 nitrogen and oxygen atoms in total. The van der Waals surface area contributed by atoms with E-state index >= 15 is 0 Å². The quantitative estimate of drug-likeness (QED) is 0.853. The molecule has 1 saturated heterocycles. The zero-order chi connectivity index (χ0) is 15.5. The molecule has 1 amide bonds. The van der Waals surface area contributed by atoms with E-state index in [9.17, 15) is 13.2 Å². The first-order valence-electron chi connectivity index (χ1n) is 6.57. The maximum atomic E-state index is 12.5. The normalized spacial score (nSPS) is 17.1. The maximum Gasteiger partial charge on any atom is 0.245 e. The summed E-state index contributed by atoms with van der Waals surface area (Å²) < 4.78 is 26.4. The van der Waals surface area contributed by atoms with Gasteiger partial charge in [0, 0.05) is 32.3 Å². The minimum Gasteiger partial charge on any atom is -0.359 e. The van der Waals surface area contributed by atoms with Crippen molar-refractivity contribution in [2.75, 3.05) is 20.1 Å². The highest BCUT2D eigenvalue weighted by Gasteiger charge is 2.33. The lowest BCUT2D eigenvalue weighted by Crippen LogP contribution is -2.42. The molecule has 8 heteroatoms. The van der Waals surface area contributed by atoms with E-state index in [0.717, 1.165) is 0 Å². The van der Waals surface area contributed by atoms with Crippen LogP contribution in [0.2, 0.25) is 0 Å². The monoisotopic (exact) mass is 308 g/mol. The highest BCUT2D eigenvalue weighted by atomic mass is 32.2. The molecule has 21 heavy (non-hydrogen) atoms. The lowest BCUT2D eigenvalue weighted by Gasteiger charge is -2.30. The second-order valence-corrected chi connectivity index (χ2v) is 6.66. The van der Waals surface area contributed by atoms with Gasteiger partial charge in [0.1, 0.15) is 11.0 Å². The van der Waals surface area contributed by atoms with Crippen molar-refractivity contribution in [1.29, 1.82) is 5.26 Å². The lowest BCUT2D eigenvalue weighted by atomic mass is 9.97. The third kappa shape index (κ3) is 3.04. The van der Waals surface area contributed by atoms with Crippen molar-refractivity contribution >= 4 is 15.9 Å². The Labute approximate surface area is 123 Å². The van der Waals surface area contributed by atoms with Crippen LogP contribution in [0.15, 0.2) is 23.2 Å². The summed E-state index contributed by atoms with van der Waals surface area (Å²) in [5, 5.41) is 11.6. The van der Waals surface area contributed by atoms with Crippen LogP contribution in [0.25, 0.3) is 0 Å². The zero-order valence-electron chi connectivity index (χ0n) is 11.6. The summed E-state index contributed by atoms with van der Waals surface area (Å²) in [4.78, 5) is 15.3. The minimum atomic E-state index is -3.74. The number of nitrogens with zero attached hydrogens (tertiary/aromatic N) is 3. The van der Waals surface area contributed by atoms with Crippen LogP contribution >= 0.6 is 0 Å². The predicted molar refractivity (Wildman–Crippen MR) is 74.5 cm³/mol. The Bertz CT molecular complexity index is 673. The SMILES string of the molecule is CNC(=O)C1CCN(S(=O)(=O)c2cccnc2C#N)CC1. The molecule has 0 atom stereocenters. The van der Waals surface area contributed by atoms with Gasteiger partial charge in [-0.05, 0) is 25.0 Å². The summed E-state index contributed by atoms with van der Waals surface area (Å²) >= 11 is 0. The van der Waals surface area contributed by atoms with E-state index in [1.165, 1.54) is 22.6 Å². The average molecular weight is 308 g/mol. The molecular weight excluding hydrogens is 292 g/mol. The van der Waals surface area contributed by atoms with Crippen molar-refractivity contribution in [1.82, 2.24) is 14.6 Å². The molecule has 0 radical (unpaired) electrons. The van der Waals surface area contributed by atoms with Crippen LogP contribution in [0.1, 0.15) is 18.5 Å². The number of rotatable bonds is 3. The minimum absolute atomic E-state index is 0.0638. The van der Waals surface area contributed by atoms with Crippen molar-refractivity contribution in [2.45, 2.75) is 17.7 Å². The second kappa shape index (κ2) is 6.20. The Balaban J connectivity index is 2.19. The number of carbonyl (C=O) groups is 1. The molecule has 0 aromatic carbocycles. The highest BCUT2D eigenvalue weighted by Crippen LogP contribution is 2.24. The topological polar surface area (TPSA) is 103 Å². The average Bonchev–Trinajstić information content (AvgIpc) is 2.54. The molecule has 2 heterocycles. The van der Waals surface area contributed by atoms with Gasteiger partial charge in [0.2, 0.25) is 15.9 Å². The molecular formula is C13H16N4O3S. The predicted octanol–water partition coefficient (Wildman–Crippen LogP) is 0.1000. The summed E-state index contributed by atoms with van der Waals surface area (Å²) in [6, 6.07) is 4.67. The number of amides is 1. The van der Waals surface area contributed by atoms with Gasteiger partial charge in [0.15, 0.2) is 5.69 Å².